The zero-order chi connectivity index (χ0) is 13.1. The lowest BCUT2D eigenvalue weighted by atomic mass is 10.1. The van der Waals surface area contributed by atoms with Gasteiger partial charge in [0.1, 0.15) is 5.57 Å². The van der Waals surface area contributed by atoms with Gasteiger partial charge >= 0.3 is 6.18 Å². The van der Waals surface area contributed by atoms with Crippen molar-refractivity contribution >= 4 is 11.3 Å². The summed E-state index contributed by atoms with van der Waals surface area (Å²) in [5.41, 5.74) is 0.364. The lowest BCUT2D eigenvalue weighted by Gasteiger charge is -2.09. The number of alkyl halides is 3. The van der Waals surface area contributed by atoms with Crippen molar-refractivity contribution in [3.63, 3.8) is 0 Å². The third kappa shape index (κ3) is 3.19. The first-order chi connectivity index (χ1) is 7.86. The van der Waals surface area contributed by atoms with Gasteiger partial charge in [0.2, 0.25) is 0 Å². The normalized spacial score (nSPS) is 10.6. The molecular formula is C11H8F3NO2. The van der Waals surface area contributed by atoms with Crippen molar-refractivity contribution in [2.45, 2.75) is 13.1 Å². The maximum absolute atomic E-state index is 12.6. The lowest BCUT2D eigenvalue weighted by Crippen LogP contribution is -2.10. The molecule has 0 aromatic heterocycles. The van der Waals surface area contributed by atoms with Gasteiger partial charge in [-0.05, 0) is 13.0 Å². The summed E-state index contributed by atoms with van der Waals surface area (Å²) in [5, 5.41) is 10.5. The summed E-state index contributed by atoms with van der Waals surface area (Å²) in [6.45, 7) is 1.39. The number of allylic oxidation sites excluding steroid dienone is 1. The molecule has 1 aromatic carbocycles. The Morgan fingerprint density at radius 2 is 2.12 bits per heavy atom. The molecule has 1 aromatic rings. The molecule has 0 spiro atoms. The molecule has 0 N–H and O–H groups in total. The number of halogens is 3. The first-order valence-electron chi connectivity index (χ1n) is 4.59. The van der Waals surface area contributed by atoms with E-state index in [1.165, 1.54) is 13.0 Å². The largest absolute Gasteiger partial charge is 0.424 e. The Morgan fingerprint density at radius 1 is 1.47 bits per heavy atom. The van der Waals surface area contributed by atoms with E-state index in [0.29, 0.717) is 0 Å². The zero-order valence-electron chi connectivity index (χ0n) is 8.78. The highest BCUT2D eigenvalue weighted by molar-refractivity contribution is 5.70. The highest BCUT2D eigenvalue weighted by Crippen LogP contribution is 2.34. The van der Waals surface area contributed by atoms with E-state index in [4.69, 9.17) is 0 Å². The van der Waals surface area contributed by atoms with Crippen molar-refractivity contribution in [3.05, 3.63) is 51.8 Å². The summed E-state index contributed by atoms with van der Waals surface area (Å²) < 4.78 is 37.9. The number of rotatable bonds is 2. The lowest BCUT2D eigenvalue weighted by molar-refractivity contribution is -0.384. The molecule has 90 valence electrons. The Bertz CT molecular complexity index is 500. The molecule has 0 radical (unpaired) electrons. The first kappa shape index (κ1) is 13.0. The van der Waals surface area contributed by atoms with Gasteiger partial charge in [0.15, 0.2) is 0 Å². The minimum atomic E-state index is -4.60. The summed E-state index contributed by atoms with van der Waals surface area (Å²) in [5.74, 6) is 0. The zero-order valence-corrected chi connectivity index (χ0v) is 8.78. The maximum atomic E-state index is 12.6. The maximum Gasteiger partial charge on any atom is 0.424 e. The quantitative estimate of drug-likeness (QED) is 0.451. The van der Waals surface area contributed by atoms with Crippen LogP contribution < -0.4 is 0 Å². The molecule has 0 atom stereocenters. The highest BCUT2D eigenvalue weighted by Gasteiger charge is 2.35. The molecule has 0 heterocycles. The fraction of sp³-hybridized carbons (Fsp3) is 0.182. The van der Waals surface area contributed by atoms with Gasteiger partial charge in [0, 0.05) is 17.7 Å². The SMILES string of the molecule is CC=C=C(c1cccc([N+](=O)[O-])c1)C(F)(F)F. The third-order valence-electron chi connectivity index (χ3n) is 1.92. The molecule has 1 rings (SSSR count). The van der Waals surface area contributed by atoms with E-state index < -0.39 is 16.7 Å². The van der Waals surface area contributed by atoms with E-state index in [9.17, 15) is 23.3 Å². The van der Waals surface area contributed by atoms with Crippen LogP contribution in [0, 0.1) is 10.1 Å². The van der Waals surface area contributed by atoms with Crippen LogP contribution in [-0.4, -0.2) is 11.1 Å². The molecule has 6 heteroatoms. The molecule has 0 bridgehead atoms. The van der Waals surface area contributed by atoms with Crippen LogP contribution >= 0.6 is 0 Å². The van der Waals surface area contributed by atoms with Gasteiger partial charge in [-0.15, -0.1) is 5.73 Å². The van der Waals surface area contributed by atoms with Crippen molar-refractivity contribution in [2.75, 3.05) is 0 Å². The molecule has 3 nitrogen and oxygen atoms in total. The number of hydrogen-bond donors (Lipinski definition) is 0. The molecule has 0 aliphatic carbocycles. The van der Waals surface area contributed by atoms with Crippen LogP contribution in [0.4, 0.5) is 18.9 Å². The van der Waals surface area contributed by atoms with Crippen molar-refractivity contribution in [2.24, 2.45) is 0 Å². The fourth-order valence-corrected chi connectivity index (χ4v) is 1.25. The van der Waals surface area contributed by atoms with E-state index in [-0.39, 0.29) is 11.3 Å². The molecule has 0 aliphatic rings. The Morgan fingerprint density at radius 3 is 2.59 bits per heavy atom. The van der Waals surface area contributed by atoms with E-state index >= 15 is 0 Å². The summed E-state index contributed by atoms with van der Waals surface area (Å²) >= 11 is 0. The van der Waals surface area contributed by atoms with Crippen LogP contribution in [0.5, 0.6) is 0 Å². The fourth-order valence-electron chi connectivity index (χ4n) is 1.25. The molecule has 0 aliphatic heterocycles. The van der Waals surface area contributed by atoms with Crippen molar-refractivity contribution in [3.8, 4) is 0 Å². The molecule has 0 unspecified atom stereocenters. The average molecular weight is 243 g/mol. The molecule has 0 fully saturated rings. The second kappa shape index (κ2) is 4.84. The minimum absolute atomic E-state index is 0.273. The van der Waals surface area contributed by atoms with Crippen LogP contribution in [0.15, 0.2) is 36.1 Å². The van der Waals surface area contributed by atoms with Gasteiger partial charge in [-0.25, -0.2) is 0 Å². The smallest absolute Gasteiger partial charge is 0.258 e. The summed E-state index contributed by atoms with van der Waals surface area (Å²) in [4.78, 5) is 9.73. The van der Waals surface area contributed by atoms with Gasteiger partial charge in [-0.1, -0.05) is 12.1 Å². The summed E-state index contributed by atoms with van der Waals surface area (Å²) in [6.07, 6.45) is -3.48. The second-order valence-corrected chi connectivity index (χ2v) is 3.11. The summed E-state index contributed by atoms with van der Waals surface area (Å²) in [6, 6.07) is 4.37. The molecule has 0 saturated heterocycles. The standard InChI is InChI=1S/C11H8F3NO2/c1-2-4-10(11(12,13)14)8-5-3-6-9(7-8)15(16)17/h2-3,5-7H,1H3. The van der Waals surface area contributed by atoms with E-state index in [2.05, 4.69) is 0 Å². The monoisotopic (exact) mass is 243 g/mol. The first-order valence-corrected chi connectivity index (χ1v) is 4.59. The van der Waals surface area contributed by atoms with Crippen LogP contribution in [0.1, 0.15) is 12.5 Å². The van der Waals surface area contributed by atoms with Crippen LogP contribution in [-0.2, 0) is 0 Å². The number of nitro benzene ring substituents is 1. The van der Waals surface area contributed by atoms with Crippen LogP contribution in [0.2, 0.25) is 0 Å². The molecular weight excluding hydrogens is 235 g/mol. The average Bonchev–Trinajstić information content (AvgIpc) is 2.24. The molecule has 17 heavy (non-hydrogen) atoms. The number of nitro groups is 1. The van der Waals surface area contributed by atoms with Gasteiger partial charge in [0.25, 0.3) is 5.69 Å². The predicted molar refractivity (Wildman–Crippen MR) is 56.3 cm³/mol. The van der Waals surface area contributed by atoms with Gasteiger partial charge in [0.05, 0.1) is 4.92 Å². The summed E-state index contributed by atoms with van der Waals surface area (Å²) in [7, 11) is 0. The number of nitrogens with zero attached hydrogens (tertiary/aromatic N) is 1. The molecule has 0 saturated carbocycles. The van der Waals surface area contributed by atoms with Crippen molar-refractivity contribution in [1.82, 2.24) is 0 Å². The van der Waals surface area contributed by atoms with Gasteiger partial charge < -0.3 is 0 Å². The van der Waals surface area contributed by atoms with Crippen LogP contribution in [0.25, 0.3) is 5.57 Å². The third-order valence-corrected chi connectivity index (χ3v) is 1.92. The Labute approximate surface area is 95.0 Å². The Kier molecular flexibility index (Phi) is 3.70. The number of non-ortho nitro benzene ring substituents is 1. The van der Waals surface area contributed by atoms with Gasteiger partial charge in [-0.3, -0.25) is 10.1 Å². The number of benzene rings is 1. The van der Waals surface area contributed by atoms with E-state index in [1.54, 1.807) is 0 Å². The predicted octanol–water partition coefficient (Wildman–Crippen LogP) is 3.72. The molecule has 0 amide bonds. The second-order valence-electron chi connectivity index (χ2n) is 3.11. The van der Waals surface area contributed by atoms with E-state index in [0.717, 1.165) is 24.3 Å². The number of hydrogen-bond acceptors (Lipinski definition) is 2. The van der Waals surface area contributed by atoms with Crippen molar-refractivity contribution < 1.29 is 18.1 Å². The van der Waals surface area contributed by atoms with Crippen molar-refractivity contribution in [1.29, 1.82) is 0 Å². The Balaban J connectivity index is 3.36. The van der Waals surface area contributed by atoms with E-state index in [1.807, 2.05) is 5.73 Å². The van der Waals surface area contributed by atoms with Crippen LogP contribution in [0.3, 0.4) is 0 Å². The topological polar surface area (TPSA) is 43.1 Å². The highest BCUT2D eigenvalue weighted by atomic mass is 19.4. The Hall–Kier alpha value is -2.07. The minimum Gasteiger partial charge on any atom is -0.258 e. The van der Waals surface area contributed by atoms with Gasteiger partial charge in [-0.2, -0.15) is 13.2 Å².